The highest BCUT2D eigenvalue weighted by Crippen LogP contribution is 2.63. The third kappa shape index (κ3) is 3.10. The molecule has 4 aromatic rings. The number of hydrogen-bond acceptors (Lipinski definition) is 5. The Morgan fingerprint density at radius 1 is 1.21 bits per heavy atom. The lowest BCUT2D eigenvalue weighted by Gasteiger charge is -2.39. The Hall–Kier alpha value is -3.46. The molecule has 4 atom stereocenters. The fourth-order valence-electron chi connectivity index (χ4n) is 7.22. The summed E-state index contributed by atoms with van der Waals surface area (Å²) in [7, 11) is 1.34. The van der Waals surface area contributed by atoms with Crippen LogP contribution in [-0.2, 0) is 21.5 Å². The maximum Gasteiger partial charge on any atom is 0.337 e. The molecule has 1 fully saturated rings. The van der Waals surface area contributed by atoms with Crippen molar-refractivity contribution in [3.05, 3.63) is 92.8 Å². The Morgan fingerprint density at radius 3 is 2.79 bits per heavy atom. The molecule has 39 heavy (non-hydrogen) atoms. The van der Waals surface area contributed by atoms with Crippen molar-refractivity contribution in [2.75, 3.05) is 19.0 Å². The molecule has 10 heteroatoms. The minimum absolute atomic E-state index is 0.00421. The lowest BCUT2D eigenvalue weighted by Crippen LogP contribution is -2.52. The highest BCUT2D eigenvalue weighted by Gasteiger charge is 2.69. The van der Waals surface area contributed by atoms with E-state index < -0.39 is 23.2 Å². The number of methoxy groups -OCH3 is 1. The molecule has 1 spiro atoms. The van der Waals surface area contributed by atoms with E-state index in [2.05, 4.69) is 10.2 Å². The van der Waals surface area contributed by atoms with E-state index in [9.17, 15) is 9.59 Å². The summed E-state index contributed by atoms with van der Waals surface area (Å²) in [4.78, 5) is 28.5. The quantitative estimate of drug-likeness (QED) is 0.323. The zero-order valence-electron chi connectivity index (χ0n) is 21.0. The molecule has 7 nitrogen and oxygen atoms in total. The van der Waals surface area contributed by atoms with Gasteiger partial charge in [-0.25, -0.2) is 9.18 Å². The van der Waals surface area contributed by atoms with Crippen LogP contribution in [0.25, 0.3) is 10.9 Å². The third-order valence-electron chi connectivity index (χ3n) is 8.59. The van der Waals surface area contributed by atoms with Crippen molar-refractivity contribution in [2.45, 2.75) is 36.9 Å². The van der Waals surface area contributed by atoms with Crippen LogP contribution in [0.4, 0.5) is 10.1 Å². The van der Waals surface area contributed by atoms with E-state index in [-0.39, 0.29) is 23.0 Å². The number of fused-ring (bicyclic) bond motifs is 7. The van der Waals surface area contributed by atoms with Crippen molar-refractivity contribution in [3.63, 3.8) is 0 Å². The van der Waals surface area contributed by atoms with Gasteiger partial charge in [0.1, 0.15) is 11.4 Å². The number of likely N-dealkylation sites (tertiary alicyclic amines) is 1. The van der Waals surface area contributed by atoms with Gasteiger partial charge in [0.15, 0.2) is 0 Å². The van der Waals surface area contributed by atoms with E-state index in [4.69, 9.17) is 33.0 Å². The second kappa shape index (κ2) is 8.52. The number of amides is 1. The number of anilines is 1. The van der Waals surface area contributed by atoms with Gasteiger partial charge < -0.3 is 10.1 Å². The first-order valence-electron chi connectivity index (χ1n) is 12.7. The van der Waals surface area contributed by atoms with Gasteiger partial charge in [-0.2, -0.15) is 5.10 Å². The first kappa shape index (κ1) is 24.6. The van der Waals surface area contributed by atoms with Crippen molar-refractivity contribution >= 4 is 51.7 Å². The molecule has 0 radical (unpaired) electrons. The first-order chi connectivity index (χ1) is 18.8. The normalized spacial score (nSPS) is 25.2. The predicted molar refractivity (Wildman–Crippen MR) is 146 cm³/mol. The minimum Gasteiger partial charge on any atom is -0.465 e. The Bertz CT molecular complexity index is 1720. The second-order valence-electron chi connectivity index (χ2n) is 10.2. The van der Waals surface area contributed by atoms with Crippen LogP contribution in [-0.4, -0.2) is 46.3 Å². The van der Waals surface area contributed by atoms with Crippen LogP contribution in [0.5, 0.6) is 0 Å². The number of rotatable bonds is 3. The third-order valence-corrected chi connectivity index (χ3v) is 9.12. The molecule has 3 aliphatic heterocycles. The van der Waals surface area contributed by atoms with Crippen molar-refractivity contribution < 1.29 is 18.7 Å². The van der Waals surface area contributed by atoms with Crippen LogP contribution in [0.3, 0.4) is 0 Å². The van der Waals surface area contributed by atoms with Crippen molar-refractivity contribution in [3.8, 4) is 0 Å². The number of nitrogens with zero attached hydrogens (tertiary/aromatic N) is 3. The van der Waals surface area contributed by atoms with Crippen molar-refractivity contribution in [1.29, 1.82) is 0 Å². The Balaban J connectivity index is 1.51. The van der Waals surface area contributed by atoms with Gasteiger partial charge in [-0.15, -0.1) is 0 Å². The molecule has 0 bridgehead atoms. The van der Waals surface area contributed by atoms with Gasteiger partial charge in [0, 0.05) is 45.7 Å². The summed E-state index contributed by atoms with van der Waals surface area (Å²) in [6.07, 6.45) is 0.600. The largest absolute Gasteiger partial charge is 0.465 e. The molecule has 0 aliphatic carbocycles. The molecule has 1 aromatic heterocycles. The van der Waals surface area contributed by atoms with Crippen molar-refractivity contribution in [1.82, 2.24) is 14.7 Å². The molecule has 0 saturated carbocycles. The number of aromatic nitrogens is 2. The Kier molecular flexibility index (Phi) is 5.37. The fraction of sp³-hybridized carbons (Fsp3) is 0.276. The van der Waals surface area contributed by atoms with Gasteiger partial charge >= 0.3 is 5.97 Å². The summed E-state index contributed by atoms with van der Waals surface area (Å²) < 4.78 is 22.7. The number of likely N-dealkylation sites (N-methyl/N-ethyl adjacent to an activating group) is 1. The predicted octanol–water partition coefficient (Wildman–Crippen LogP) is 5.70. The number of hydrogen-bond donors (Lipinski definition) is 1. The SMILES string of the molecule is CCN1[C@H]2Cc3c4ccc(C(=O)OC)cc4nn3[C@H]2[C@H](c2cccc(Cl)c2F)[C@]12C(=O)Nc1cc(Cl)ccc12. The van der Waals surface area contributed by atoms with Gasteiger partial charge in [-0.05, 0) is 42.4 Å². The van der Waals surface area contributed by atoms with Gasteiger partial charge in [-0.1, -0.05) is 54.4 Å². The number of esters is 1. The summed E-state index contributed by atoms with van der Waals surface area (Å²) in [6, 6.07) is 15.1. The molecule has 7 rings (SSSR count). The molecular formula is C29H23Cl2FN4O3. The van der Waals surface area contributed by atoms with E-state index in [1.54, 1.807) is 36.4 Å². The second-order valence-corrected chi connectivity index (χ2v) is 11.0. The maximum absolute atomic E-state index is 15.9. The highest BCUT2D eigenvalue weighted by atomic mass is 35.5. The van der Waals surface area contributed by atoms with Crippen LogP contribution < -0.4 is 5.32 Å². The standard InChI is InChI=1S/C29H23Cl2FN4O3/c1-3-35-23-13-22-16-9-7-14(27(37)39-2)11-20(16)34-36(22)26(23)24(17-5-4-6-19(31)25(17)32)29(35)18-10-8-15(30)12-21(18)33-28(29)38/h4-12,23-24,26H,3,13H2,1-2H3,(H,33,38)/t23-,24-,26+,29+/m0/s1. The maximum atomic E-state index is 15.9. The van der Waals surface area contributed by atoms with Crippen LogP contribution in [0.1, 0.15) is 46.1 Å². The summed E-state index contributed by atoms with van der Waals surface area (Å²) >= 11 is 12.6. The Labute approximate surface area is 233 Å². The van der Waals surface area contributed by atoms with Crippen LogP contribution >= 0.6 is 23.2 Å². The molecule has 1 N–H and O–H groups in total. The van der Waals surface area contributed by atoms with E-state index in [1.807, 2.05) is 23.7 Å². The van der Waals surface area contributed by atoms with Gasteiger partial charge in [-0.3, -0.25) is 14.4 Å². The van der Waals surface area contributed by atoms with Crippen LogP contribution in [0.2, 0.25) is 10.0 Å². The first-order valence-corrected chi connectivity index (χ1v) is 13.5. The molecule has 3 aliphatic rings. The summed E-state index contributed by atoms with van der Waals surface area (Å²) in [6.45, 7) is 2.56. The molecule has 4 heterocycles. The zero-order valence-corrected chi connectivity index (χ0v) is 22.6. The molecule has 198 valence electrons. The topological polar surface area (TPSA) is 76.5 Å². The fourth-order valence-corrected chi connectivity index (χ4v) is 7.57. The van der Waals surface area contributed by atoms with Crippen LogP contribution in [0.15, 0.2) is 54.6 Å². The van der Waals surface area contributed by atoms with E-state index >= 15 is 4.39 Å². The molecule has 1 amide bonds. The molecule has 3 aromatic carbocycles. The lowest BCUT2D eigenvalue weighted by molar-refractivity contribution is -0.127. The van der Waals surface area contributed by atoms with Gasteiger partial charge in [0.25, 0.3) is 0 Å². The average Bonchev–Trinajstić information content (AvgIpc) is 3.61. The smallest absolute Gasteiger partial charge is 0.337 e. The van der Waals surface area contributed by atoms with E-state index in [0.29, 0.717) is 40.3 Å². The number of halogens is 3. The molecule has 1 saturated heterocycles. The summed E-state index contributed by atoms with van der Waals surface area (Å²) in [5, 5.41) is 9.38. The lowest BCUT2D eigenvalue weighted by atomic mass is 9.73. The molecular weight excluding hydrogens is 542 g/mol. The summed E-state index contributed by atoms with van der Waals surface area (Å²) in [5.41, 5.74) is 2.54. The highest BCUT2D eigenvalue weighted by molar-refractivity contribution is 6.31. The van der Waals surface area contributed by atoms with Gasteiger partial charge in [0.05, 0.1) is 29.3 Å². The monoisotopic (exact) mass is 564 g/mol. The number of carbonyl (C=O) groups is 2. The van der Waals surface area contributed by atoms with Crippen molar-refractivity contribution in [2.24, 2.45) is 0 Å². The number of nitrogens with one attached hydrogen (secondary N) is 1. The minimum atomic E-state index is -1.21. The van der Waals surface area contributed by atoms with E-state index in [0.717, 1.165) is 16.6 Å². The molecule has 0 unspecified atom stereocenters. The van der Waals surface area contributed by atoms with E-state index in [1.165, 1.54) is 13.2 Å². The van der Waals surface area contributed by atoms with Crippen LogP contribution in [0, 0.1) is 5.82 Å². The number of ether oxygens (including phenoxy) is 1. The average molecular weight is 565 g/mol. The number of benzene rings is 3. The van der Waals surface area contributed by atoms with Gasteiger partial charge in [0.2, 0.25) is 5.91 Å². The Morgan fingerprint density at radius 2 is 2.03 bits per heavy atom. The number of carbonyl (C=O) groups excluding carboxylic acids is 2. The summed E-state index contributed by atoms with van der Waals surface area (Å²) in [5.74, 6) is -1.88. The zero-order chi connectivity index (χ0) is 27.2.